The van der Waals surface area contributed by atoms with Gasteiger partial charge in [-0.3, -0.25) is 4.79 Å². The molecule has 0 radical (unpaired) electrons. The van der Waals surface area contributed by atoms with Crippen LogP contribution in [-0.4, -0.2) is 21.0 Å². The third-order valence-corrected chi connectivity index (χ3v) is 4.09. The molecule has 25 heavy (non-hydrogen) atoms. The molecule has 0 aliphatic rings. The van der Waals surface area contributed by atoms with Gasteiger partial charge in [0.1, 0.15) is 11.7 Å². The van der Waals surface area contributed by atoms with Gasteiger partial charge in [-0.05, 0) is 36.2 Å². The molecule has 3 rings (SSSR count). The molecular weight excluding hydrogens is 361 g/mol. The average Bonchev–Trinajstić information content (AvgIpc) is 2.95. The van der Waals surface area contributed by atoms with Gasteiger partial charge in [0.15, 0.2) is 5.15 Å². The minimum absolute atomic E-state index is 0. The second-order valence-corrected chi connectivity index (χ2v) is 5.85. The highest BCUT2D eigenvalue weighted by atomic mass is 35.5. The van der Waals surface area contributed by atoms with Crippen LogP contribution >= 0.6 is 24.0 Å². The topological polar surface area (TPSA) is 92.0 Å². The van der Waals surface area contributed by atoms with Crippen LogP contribution in [0.5, 0.6) is 0 Å². The lowest BCUT2D eigenvalue weighted by atomic mass is 9.97. The number of aromatic amines is 1. The van der Waals surface area contributed by atoms with Crippen LogP contribution in [0, 0.1) is 0 Å². The number of carboxylic acids is 1. The SMILES string of the molecule is Cl.Nc1ccc(-c2nc(Cl)c(C(Cc3ccccc3)C(=O)O)[nH]2)cc1. The van der Waals surface area contributed by atoms with Crippen LogP contribution < -0.4 is 5.73 Å². The lowest BCUT2D eigenvalue weighted by Gasteiger charge is -2.11. The van der Waals surface area contributed by atoms with Gasteiger partial charge in [0, 0.05) is 11.3 Å². The Morgan fingerprint density at radius 2 is 1.80 bits per heavy atom. The zero-order valence-electron chi connectivity index (χ0n) is 13.1. The van der Waals surface area contributed by atoms with E-state index in [9.17, 15) is 9.90 Å². The molecule has 0 saturated heterocycles. The number of nitrogens with one attached hydrogen (secondary N) is 1. The number of hydrogen-bond donors (Lipinski definition) is 3. The molecule has 1 heterocycles. The number of halogens is 2. The van der Waals surface area contributed by atoms with E-state index in [1.54, 1.807) is 24.3 Å². The summed E-state index contributed by atoms with van der Waals surface area (Å²) < 4.78 is 0. The molecule has 0 saturated carbocycles. The van der Waals surface area contributed by atoms with Crippen molar-refractivity contribution in [3.8, 4) is 11.4 Å². The summed E-state index contributed by atoms with van der Waals surface area (Å²) in [6.07, 6.45) is 0.333. The number of nitrogens with zero attached hydrogens (tertiary/aromatic N) is 1. The number of carbonyl (C=O) groups is 1. The van der Waals surface area contributed by atoms with E-state index in [0.717, 1.165) is 11.1 Å². The maximum absolute atomic E-state index is 11.7. The second-order valence-electron chi connectivity index (χ2n) is 5.49. The third kappa shape index (κ3) is 4.32. The molecule has 7 heteroatoms. The summed E-state index contributed by atoms with van der Waals surface area (Å²) in [6.45, 7) is 0. The molecular formula is C18H17Cl2N3O2. The highest BCUT2D eigenvalue weighted by Gasteiger charge is 2.26. The Labute approximate surface area is 156 Å². The molecule has 5 nitrogen and oxygen atoms in total. The fraction of sp³-hybridized carbons (Fsp3) is 0.111. The number of rotatable bonds is 5. The number of hydrogen-bond acceptors (Lipinski definition) is 3. The van der Waals surface area contributed by atoms with Crippen LogP contribution in [0.2, 0.25) is 5.15 Å². The van der Waals surface area contributed by atoms with Gasteiger partial charge in [-0.2, -0.15) is 0 Å². The predicted molar refractivity (Wildman–Crippen MR) is 101 cm³/mol. The molecule has 3 aromatic rings. The Balaban J connectivity index is 0.00000225. The number of benzene rings is 2. The van der Waals surface area contributed by atoms with E-state index in [1.165, 1.54) is 0 Å². The summed E-state index contributed by atoms with van der Waals surface area (Å²) in [4.78, 5) is 19.0. The maximum atomic E-state index is 11.7. The number of aromatic nitrogens is 2. The van der Waals surface area contributed by atoms with E-state index >= 15 is 0 Å². The van der Waals surface area contributed by atoms with Gasteiger partial charge in [0.05, 0.1) is 5.69 Å². The summed E-state index contributed by atoms with van der Waals surface area (Å²) in [7, 11) is 0. The Morgan fingerprint density at radius 1 is 1.16 bits per heavy atom. The van der Waals surface area contributed by atoms with Gasteiger partial charge < -0.3 is 15.8 Å². The first kappa shape index (κ1) is 18.8. The number of carboxylic acid groups (broad SMARTS) is 1. The Morgan fingerprint density at radius 3 is 2.40 bits per heavy atom. The summed E-state index contributed by atoms with van der Waals surface area (Å²) in [6, 6.07) is 16.5. The van der Waals surface area contributed by atoms with E-state index in [1.807, 2.05) is 30.3 Å². The maximum Gasteiger partial charge on any atom is 0.312 e. The molecule has 0 bridgehead atoms. The number of aliphatic carboxylic acids is 1. The lowest BCUT2D eigenvalue weighted by Crippen LogP contribution is -2.15. The van der Waals surface area contributed by atoms with Gasteiger partial charge in [0.2, 0.25) is 0 Å². The molecule has 1 atom stereocenters. The van der Waals surface area contributed by atoms with Crippen molar-refractivity contribution < 1.29 is 9.90 Å². The average molecular weight is 378 g/mol. The molecule has 0 aliphatic heterocycles. The van der Waals surface area contributed by atoms with Crippen LogP contribution in [0.4, 0.5) is 5.69 Å². The van der Waals surface area contributed by atoms with Crippen molar-refractivity contribution in [1.29, 1.82) is 0 Å². The molecule has 1 unspecified atom stereocenters. The monoisotopic (exact) mass is 377 g/mol. The predicted octanol–water partition coefficient (Wildman–Crippen LogP) is 4.15. The van der Waals surface area contributed by atoms with Crippen LogP contribution in [0.15, 0.2) is 54.6 Å². The van der Waals surface area contributed by atoms with E-state index in [2.05, 4.69) is 9.97 Å². The summed E-state index contributed by atoms with van der Waals surface area (Å²) in [5.41, 5.74) is 8.44. The fourth-order valence-electron chi connectivity index (χ4n) is 2.54. The van der Waals surface area contributed by atoms with Crippen molar-refractivity contribution in [3.63, 3.8) is 0 Å². The second kappa shape index (κ2) is 8.05. The van der Waals surface area contributed by atoms with Crippen molar-refractivity contribution in [1.82, 2.24) is 9.97 Å². The summed E-state index contributed by atoms with van der Waals surface area (Å²) in [5.74, 6) is -1.22. The molecule has 130 valence electrons. The van der Waals surface area contributed by atoms with Crippen molar-refractivity contribution in [2.24, 2.45) is 0 Å². The molecule has 0 fully saturated rings. The van der Waals surface area contributed by atoms with Gasteiger partial charge in [-0.1, -0.05) is 41.9 Å². The van der Waals surface area contributed by atoms with Crippen LogP contribution in [0.25, 0.3) is 11.4 Å². The number of H-pyrrole nitrogens is 1. The van der Waals surface area contributed by atoms with Crippen molar-refractivity contribution >= 4 is 35.7 Å². The standard InChI is InChI=1S/C18H16ClN3O2.ClH/c19-16-15(14(18(23)24)10-11-4-2-1-3-5-11)21-17(22-16)12-6-8-13(20)9-7-12;/h1-9,14H,10,20H2,(H,21,22)(H,23,24);1H. The Hall–Kier alpha value is -2.50. The first-order valence-electron chi connectivity index (χ1n) is 7.42. The zero-order chi connectivity index (χ0) is 17.1. The number of nitrogens with two attached hydrogens (primary N) is 1. The van der Waals surface area contributed by atoms with Crippen molar-refractivity contribution in [3.05, 3.63) is 71.0 Å². The highest BCUT2D eigenvalue weighted by molar-refractivity contribution is 6.30. The summed E-state index contributed by atoms with van der Waals surface area (Å²) in [5, 5.41) is 9.78. The lowest BCUT2D eigenvalue weighted by molar-refractivity contribution is -0.138. The van der Waals surface area contributed by atoms with E-state index in [-0.39, 0.29) is 17.6 Å². The van der Waals surface area contributed by atoms with E-state index < -0.39 is 11.9 Å². The van der Waals surface area contributed by atoms with Crippen LogP contribution in [-0.2, 0) is 11.2 Å². The first-order chi connectivity index (χ1) is 11.5. The third-order valence-electron chi connectivity index (χ3n) is 3.80. The van der Waals surface area contributed by atoms with Crippen LogP contribution in [0.1, 0.15) is 17.2 Å². The smallest absolute Gasteiger partial charge is 0.312 e. The van der Waals surface area contributed by atoms with Crippen molar-refractivity contribution in [2.45, 2.75) is 12.3 Å². The zero-order valence-corrected chi connectivity index (χ0v) is 14.7. The number of imidazole rings is 1. The summed E-state index contributed by atoms with van der Waals surface area (Å²) >= 11 is 6.20. The Kier molecular flexibility index (Phi) is 6.07. The quantitative estimate of drug-likeness (QED) is 0.582. The minimum Gasteiger partial charge on any atom is -0.481 e. The minimum atomic E-state index is -0.951. The molecule has 0 spiro atoms. The molecule has 2 aromatic carbocycles. The van der Waals surface area contributed by atoms with E-state index in [0.29, 0.717) is 23.6 Å². The number of anilines is 1. The van der Waals surface area contributed by atoms with Crippen LogP contribution in [0.3, 0.4) is 0 Å². The van der Waals surface area contributed by atoms with Gasteiger partial charge in [-0.25, -0.2) is 4.98 Å². The van der Waals surface area contributed by atoms with Crippen molar-refractivity contribution in [2.75, 3.05) is 5.73 Å². The first-order valence-corrected chi connectivity index (χ1v) is 7.80. The molecule has 1 aromatic heterocycles. The van der Waals surface area contributed by atoms with Gasteiger partial charge >= 0.3 is 5.97 Å². The molecule has 0 amide bonds. The normalized spacial score (nSPS) is 11.6. The highest BCUT2D eigenvalue weighted by Crippen LogP contribution is 2.29. The van der Waals surface area contributed by atoms with Gasteiger partial charge in [-0.15, -0.1) is 12.4 Å². The van der Waals surface area contributed by atoms with Gasteiger partial charge in [0.25, 0.3) is 0 Å². The molecule has 4 N–H and O–H groups in total. The largest absolute Gasteiger partial charge is 0.481 e. The Bertz CT molecular complexity index is 849. The van der Waals surface area contributed by atoms with E-state index in [4.69, 9.17) is 17.3 Å². The number of nitrogen functional groups attached to an aromatic ring is 1. The molecule has 0 aliphatic carbocycles. The fourth-order valence-corrected chi connectivity index (χ4v) is 2.80.